The minimum Gasteiger partial charge on any atom is -0.377 e. The molecule has 5 heteroatoms. The van der Waals surface area contributed by atoms with Crippen LogP contribution in [0, 0.1) is 0 Å². The van der Waals surface area contributed by atoms with E-state index in [-0.39, 0.29) is 19.3 Å². The lowest BCUT2D eigenvalue weighted by atomic mass is 9.67. The largest absolute Gasteiger partial charge is 0.420 e. The fourth-order valence-electron chi connectivity index (χ4n) is 5.14. The number of alkyl halides is 3. The van der Waals surface area contributed by atoms with Crippen molar-refractivity contribution in [3.63, 3.8) is 0 Å². The molecule has 2 nitrogen and oxygen atoms in total. The second-order valence-electron chi connectivity index (χ2n) is 8.79. The summed E-state index contributed by atoms with van der Waals surface area (Å²) in [5.74, 6) is 0. The number of benzene rings is 3. The van der Waals surface area contributed by atoms with Crippen LogP contribution in [0.15, 0.2) is 91.0 Å². The monoisotopic (exact) mass is 454 g/mol. The smallest absolute Gasteiger partial charge is 0.377 e. The maximum atomic E-state index is 14.8. The lowest BCUT2D eigenvalue weighted by molar-refractivity contribution is -0.188. The van der Waals surface area contributed by atoms with E-state index in [1.165, 1.54) is 0 Å². The van der Waals surface area contributed by atoms with E-state index in [1.54, 1.807) is 60.7 Å². The Morgan fingerprint density at radius 3 is 1.67 bits per heavy atom. The van der Waals surface area contributed by atoms with Gasteiger partial charge in [0.1, 0.15) is 11.2 Å². The quantitative estimate of drug-likeness (QED) is 0.360. The number of hydrogen-bond donors (Lipinski definition) is 1. The van der Waals surface area contributed by atoms with Crippen molar-refractivity contribution in [1.82, 2.24) is 0 Å². The number of hydrogen-bond acceptors (Lipinski definition) is 2. The van der Waals surface area contributed by atoms with Crippen LogP contribution in [0.1, 0.15) is 49.3 Å². The molecule has 1 aliphatic rings. The molecule has 1 saturated heterocycles. The second kappa shape index (κ2) is 8.96. The Kier molecular flexibility index (Phi) is 6.39. The van der Waals surface area contributed by atoms with Crippen LogP contribution in [-0.4, -0.2) is 22.5 Å². The summed E-state index contributed by atoms with van der Waals surface area (Å²) in [6.45, 7) is 1.93. The van der Waals surface area contributed by atoms with E-state index in [4.69, 9.17) is 4.74 Å². The SMILES string of the molecule is CCCCC1(C(O)(c2ccccc2)c2ccccc2)OC1(CCc1ccccc1)C(F)(F)F. The predicted octanol–water partition coefficient (Wildman–Crippen LogP) is 6.82. The second-order valence-corrected chi connectivity index (χ2v) is 8.79. The van der Waals surface area contributed by atoms with Gasteiger partial charge in [-0.1, -0.05) is 111 Å². The number of ether oxygens (including phenoxy) is 1. The fourth-order valence-corrected chi connectivity index (χ4v) is 5.14. The minimum atomic E-state index is -4.65. The number of epoxide rings is 1. The minimum absolute atomic E-state index is 0.0953. The number of rotatable bonds is 9. The van der Waals surface area contributed by atoms with Crippen molar-refractivity contribution in [3.05, 3.63) is 108 Å². The Balaban J connectivity index is 1.87. The van der Waals surface area contributed by atoms with Gasteiger partial charge in [0.05, 0.1) is 0 Å². The van der Waals surface area contributed by atoms with Gasteiger partial charge in [0.15, 0.2) is 5.60 Å². The van der Waals surface area contributed by atoms with Crippen molar-refractivity contribution >= 4 is 0 Å². The van der Waals surface area contributed by atoms with Gasteiger partial charge in [-0.25, -0.2) is 0 Å². The van der Waals surface area contributed by atoms with Crippen LogP contribution in [0.4, 0.5) is 13.2 Å². The van der Waals surface area contributed by atoms with Gasteiger partial charge in [0, 0.05) is 0 Å². The molecule has 0 aliphatic carbocycles. The molecule has 2 unspecified atom stereocenters. The van der Waals surface area contributed by atoms with E-state index in [0.717, 1.165) is 5.56 Å². The molecule has 3 aromatic rings. The molecule has 0 amide bonds. The van der Waals surface area contributed by atoms with Gasteiger partial charge in [-0.2, -0.15) is 13.2 Å². The number of aliphatic hydroxyl groups is 1. The molecule has 0 radical (unpaired) electrons. The van der Waals surface area contributed by atoms with Gasteiger partial charge in [0.25, 0.3) is 0 Å². The summed E-state index contributed by atoms with van der Waals surface area (Å²) < 4.78 is 50.4. The zero-order valence-corrected chi connectivity index (χ0v) is 18.7. The number of aryl methyl sites for hydroxylation is 1. The number of halogens is 3. The molecule has 33 heavy (non-hydrogen) atoms. The van der Waals surface area contributed by atoms with Crippen LogP contribution in [0.3, 0.4) is 0 Å². The Morgan fingerprint density at radius 1 is 0.727 bits per heavy atom. The molecule has 4 rings (SSSR count). The third-order valence-corrected chi connectivity index (χ3v) is 6.88. The summed E-state index contributed by atoms with van der Waals surface area (Å²) in [5.41, 5.74) is -4.63. The highest BCUT2D eigenvalue weighted by Crippen LogP contribution is 2.69. The zero-order chi connectivity index (χ0) is 23.6. The first kappa shape index (κ1) is 23.5. The highest BCUT2D eigenvalue weighted by Gasteiger charge is 2.87. The molecule has 0 bridgehead atoms. The van der Waals surface area contributed by atoms with Gasteiger partial charge in [-0.05, 0) is 36.0 Å². The molecule has 1 fully saturated rings. The first-order chi connectivity index (χ1) is 15.8. The third-order valence-electron chi connectivity index (χ3n) is 6.88. The van der Waals surface area contributed by atoms with Gasteiger partial charge in [-0.15, -0.1) is 0 Å². The Morgan fingerprint density at radius 2 is 1.21 bits per heavy atom. The average Bonchev–Trinajstić information content (AvgIpc) is 3.54. The molecular formula is C28H29F3O2. The summed E-state index contributed by atoms with van der Waals surface area (Å²) in [6.07, 6.45) is -3.41. The standard InChI is InChI=1S/C28H29F3O2/c1-2-3-20-25(26(33-25,28(29,30)31)21-19-22-13-7-4-8-14-22)27(32,23-15-9-5-10-16-23)24-17-11-6-12-18-24/h4-18,32H,2-3,19-21H2,1H3. The van der Waals surface area contributed by atoms with Crippen molar-refractivity contribution in [1.29, 1.82) is 0 Å². The molecule has 1 N–H and O–H groups in total. The zero-order valence-electron chi connectivity index (χ0n) is 18.7. The number of unbranched alkanes of at least 4 members (excludes halogenated alkanes) is 1. The summed E-state index contributed by atoms with van der Waals surface area (Å²) in [5, 5.41) is 12.3. The summed E-state index contributed by atoms with van der Waals surface area (Å²) in [4.78, 5) is 0. The Bertz CT molecular complexity index is 998. The van der Waals surface area contributed by atoms with Crippen LogP contribution >= 0.6 is 0 Å². The first-order valence-corrected chi connectivity index (χ1v) is 11.4. The van der Waals surface area contributed by atoms with Crippen LogP contribution in [0.2, 0.25) is 0 Å². The highest BCUT2D eigenvalue weighted by molar-refractivity contribution is 5.46. The summed E-state index contributed by atoms with van der Waals surface area (Å²) in [7, 11) is 0. The topological polar surface area (TPSA) is 32.8 Å². The Labute approximate surface area is 193 Å². The van der Waals surface area contributed by atoms with Crippen molar-refractivity contribution < 1.29 is 23.0 Å². The van der Waals surface area contributed by atoms with E-state index < -0.39 is 23.0 Å². The normalized spacial score (nSPS) is 22.8. The molecule has 2 atom stereocenters. The molecule has 1 aliphatic heterocycles. The van der Waals surface area contributed by atoms with Crippen molar-refractivity contribution in [3.8, 4) is 0 Å². The van der Waals surface area contributed by atoms with Crippen molar-refractivity contribution in [2.45, 2.75) is 62.0 Å². The maximum Gasteiger partial charge on any atom is 0.420 e. The van der Waals surface area contributed by atoms with Crippen LogP contribution in [0.5, 0.6) is 0 Å². The summed E-state index contributed by atoms with van der Waals surface area (Å²) in [6, 6.07) is 26.3. The molecule has 0 aromatic heterocycles. The molecular weight excluding hydrogens is 425 g/mol. The molecule has 0 saturated carbocycles. The molecule has 1 heterocycles. The third kappa shape index (κ3) is 3.87. The van der Waals surface area contributed by atoms with Gasteiger partial charge >= 0.3 is 6.18 Å². The van der Waals surface area contributed by atoms with E-state index in [9.17, 15) is 18.3 Å². The van der Waals surface area contributed by atoms with Crippen LogP contribution < -0.4 is 0 Å². The van der Waals surface area contributed by atoms with E-state index >= 15 is 0 Å². The summed E-state index contributed by atoms with van der Waals surface area (Å²) >= 11 is 0. The van der Waals surface area contributed by atoms with Crippen LogP contribution in [-0.2, 0) is 16.8 Å². The molecule has 174 valence electrons. The van der Waals surface area contributed by atoms with E-state index in [1.807, 2.05) is 37.3 Å². The first-order valence-electron chi connectivity index (χ1n) is 11.4. The lowest BCUT2D eigenvalue weighted by Crippen LogP contribution is -2.53. The maximum absolute atomic E-state index is 14.8. The van der Waals surface area contributed by atoms with Gasteiger partial charge in [0.2, 0.25) is 0 Å². The van der Waals surface area contributed by atoms with Crippen molar-refractivity contribution in [2.24, 2.45) is 0 Å². The fraction of sp³-hybridized carbons (Fsp3) is 0.357. The van der Waals surface area contributed by atoms with E-state index in [0.29, 0.717) is 24.0 Å². The molecule has 0 spiro atoms. The average molecular weight is 455 g/mol. The van der Waals surface area contributed by atoms with Gasteiger partial charge in [-0.3, -0.25) is 0 Å². The van der Waals surface area contributed by atoms with Gasteiger partial charge < -0.3 is 9.84 Å². The Hall–Kier alpha value is -2.63. The van der Waals surface area contributed by atoms with E-state index in [2.05, 4.69) is 0 Å². The van der Waals surface area contributed by atoms with Crippen LogP contribution in [0.25, 0.3) is 0 Å². The predicted molar refractivity (Wildman–Crippen MR) is 123 cm³/mol. The van der Waals surface area contributed by atoms with Crippen molar-refractivity contribution in [2.75, 3.05) is 0 Å². The lowest BCUT2D eigenvalue weighted by Gasteiger charge is -2.38. The molecule has 3 aromatic carbocycles. The highest BCUT2D eigenvalue weighted by atomic mass is 19.4.